The zero-order valence-electron chi connectivity index (χ0n) is 14.5. The Morgan fingerprint density at radius 3 is 2.15 bits per heavy atom. The van der Waals surface area contributed by atoms with Crippen molar-refractivity contribution in [1.82, 2.24) is 15.0 Å². The Hall–Kier alpha value is -3.24. The van der Waals surface area contributed by atoms with Gasteiger partial charge in [0.2, 0.25) is 11.9 Å². The molecule has 0 atom stereocenters. The van der Waals surface area contributed by atoms with Gasteiger partial charge in [-0.25, -0.2) is 0 Å². The molecule has 0 saturated carbocycles. The van der Waals surface area contributed by atoms with Crippen LogP contribution in [0.1, 0.15) is 5.56 Å². The summed E-state index contributed by atoms with van der Waals surface area (Å²) in [5.74, 6) is 0.392. The van der Waals surface area contributed by atoms with Gasteiger partial charge in [-0.2, -0.15) is 23.4 Å². The molecule has 0 aliphatic rings. The fourth-order valence-electron chi connectivity index (χ4n) is 2.30. The predicted octanol–water partition coefficient (Wildman–Crippen LogP) is 2.92. The van der Waals surface area contributed by atoms with E-state index >= 15 is 0 Å². The number of hydrogen-bond acceptors (Lipinski definition) is 8. The van der Waals surface area contributed by atoms with E-state index in [0.717, 1.165) is 5.69 Å². The minimum absolute atomic E-state index is 0.0769. The fraction of sp³-hybridized carbons (Fsp3) is 0.118. The standard InChI is InChI=1S/C17H17N5O4S/c1-11-8-9-13(10-14(11)27(23,24)25)19-16-20-15(21-17(22-16)26-2)18-12-6-4-3-5-7-12/h3-10H,1-2H3,(H,23,24,25)(H2,18,19,20,21,22). The molecule has 0 aliphatic heterocycles. The second-order valence-electron chi connectivity index (χ2n) is 5.54. The summed E-state index contributed by atoms with van der Waals surface area (Å²) in [5, 5.41) is 5.92. The van der Waals surface area contributed by atoms with Crippen LogP contribution in [0.15, 0.2) is 53.4 Å². The van der Waals surface area contributed by atoms with Crippen LogP contribution in [0.2, 0.25) is 0 Å². The number of nitrogens with zero attached hydrogens (tertiary/aromatic N) is 3. The lowest BCUT2D eigenvalue weighted by Gasteiger charge is -2.11. The summed E-state index contributed by atoms with van der Waals surface area (Å²) < 4.78 is 37.4. The molecule has 27 heavy (non-hydrogen) atoms. The third-order valence-corrected chi connectivity index (χ3v) is 4.55. The molecule has 9 nitrogen and oxygen atoms in total. The highest BCUT2D eigenvalue weighted by Gasteiger charge is 2.15. The first-order valence-electron chi connectivity index (χ1n) is 7.82. The first kappa shape index (κ1) is 18.5. The number of aromatic nitrogens is 3. The maximum Gasteiger partial charge on any atom is 0.322 e. The van der Waals surface area contributed by atoms with Crippen LogP contribution < -0.4 is 15.4 Å². The topological polar surface area (TPSA) is 126 Å². The summed E-state index contributed by atoms with van der Waals surface area (Å²) in [7, 11) is -2.92. The number of para-hydroxylation sites is 1. The summed E-state index contributed by atoms with van der Waals surface area (Å²) in [4.78, 5) is 12.3. The summed E-state index contributed by atoms with van der Waals surface area (Å²) in [6.45, 7) is 1.58. The third-order valence-electron chi connectivity index (χ3n) is 3.55. The van der Waals surface area contributed by atoms with Crippen LogP contribution in [-0.2, 0) is 10.1 Å². The average molecular weight is 387 g/mol. The summed E-state index contributed by atoms with van der Waals surface area (Å²) in [6.07, 6.45) is 0. The van der Waals surface area contributed by atoms with E-state index in [-0.39, 0.29) is 22.8 Å². The molecule has 3 aromatic rings. The molecule has 0 unspecified atom stereocenters. The van der Waals surface area contributed by atoms with E-state index in [1.54, 1.807) is 19.1 Å². The zero-order chi connectivity index (χ0) is 19.4. The van der Waals surface area contributed by atoms with E-state index in [4.69, 9.17) is 4.74 Å². The number of nitrogens with one attached hydrogen (secondary N) is 2. The normalized spacial score (nSPS) is 11.1. The number of methoxy groups -OCH3 is 1. The molecular weight excluding hydrogens is 370 g/mol. The van der Waals surface area contributed by atoms with Crippen molar-refractivity contribution in [2.75, 3.05) is 17.7 Å². The van der Waals surface area contributed by atoms with Crippen molar-refractivity contribution in [3.8, 4) is 6.01 Å². The van der Waals surface area contributed by atoms with Gasteiger partial charge in [0.05, 0.1) is 12.0 Å². The van der Waals surface area contributed by atoms with Gasteiger partial charge in [-0.3, -0.25) is 4.55 Å². The Labute approximate surface area is 156 Å². The number of aryl methyl sites for hydroxylation is 1. The number of benzene rings is 2. The monoisotopic (exact) mass is 387 g/mol. The van der Waals surface area contributed by atoms with Gasteiger partial charge < -0.3 is 15.4 Å². The summed E-state index contributed by atoms with van der Waals surface area (Å²) >= 11 is 0. The van der Waals surface area contributed by atoms with Crippen LogP contribution in [0, 0.1) is 6.92 Å². The Morgan fingerprint density at radius 2 is 1.56 bits per heavy atom. The van der Waals surface area contributed by atoms with Crippen molar-refractivity contribution in [2.24, 2.45) is 0 Å². The Kier molecular flexibility index (Phi) is 5.19. The van der Waals surface area contributed by atoms with E-state index in [1.165, 1.54) is 13.2 Å². The smallest absolute Gasteiger partial charge is 0.322 e. The second-order valence-corrected chi connectivity index (χ2v) is 6.93. The minimum Gasteiger partial charge on any atom is -0.467 e. The molecule has 0 amide bonds. The molecule has 140 valence electrons. The first-order chi connectivity index (χ1) is 12.8. The lowest BCUT2D eigenvalue weighted by molar-refractivity contribution is 0.380. The van der Waals surface area contributed by atoms with Crippen molar-refractivity contribution in [1.29, 1.82) is 0 Å². The van der Waals surface area contributed by atoms with Crippen LogP contribution in [0.3, 0.4) is 0 Å². The maximum absolute atomic E-state index is 11.5. The molecule has 2 aromatic carbocycles. The number of ether oxygens (including phenoxy) is 1. The molecule has 0 aliphatic carbocycles. The van der Waals surface area contributed by atoms with Crippen molar-refractivity contribution in [3.05, 3.63) is 54.1 Å². The van der Waals surface area contributed by atoms with Gasteiger partial charge in [-0.15, -0.1) is 0 Å². The first-order valence-corrected chi connectivity index (χ1v) is 9.26. The summed E-state index contributed by atoms with van der Waals surface area (Å²) in [6, 6.07) is 13.9. The number of hydrogen-bond donors (Lipinski definition) is 3. The van der Waals surface area contributed by atoms with E-state index < -0.39 is 10.1 Å². The minimum atomic E-state index is -4.34. The lowest BCUT2D eigenvalue weighted by atomic mass is 10.2. The molecular formula is C17H17N5O4S. The van der Waals surface area contributed by atoms with Gasteiger partial charge in [-0.05, 0) is 36.8 Å². The van der Waals surface area contributed by atoms with Gasteiger partial charge in [-0.1, -0.05) is 24.3 Å². The third kappa shape index (κ3) is 4.68. The number of anilines is 4. The van der Waals surface area contributed by atoms with Crippen molar-refractivity contribution in [3.63, 3.8) is 0 Å². The molecule has 3 rings (SSSR count). The highest BCUT2D eigenvalue weighted by molar-refractivity contribution is 7.85. The number of rotatable bonds is 6. The molecule has 0 fully saturated rings. The average Bonchev–Trinajstić information content (AvgIpc) is 2.63. The van der Waals surface area contributed by atoms with Gasteiger partial charge in [0.15, 0.2) is 0 Å². The van der Waals surface area contributed by atoms with Crippen molar-refractivity contribution >= 4 is 33.4 Å². The van der Waals surface area contributed by atoms with E-state index in [9.17, 15) is 13.0 Å². The van der Waals surface area contributed by atoms with Crippen LogP contribution in [0.25, 0.3) is 0 Å². The van der Waals surface area contributed by atoms with Crippen LogP contribution >= 0.6 is 0 Å². The van der Waals surface area contributed by atoms with E-state index in [0.29, 0.717) is 11.3 Å². The van der Waals surface area contributed by atoms with Crippen LogP contribution in [0.5, 0.6) is 6.01 Å². The van der Waals surface area contributed by atoms with E-state index in [1.807, 2.05) is 30.3 Å². The van der Waals surface area contributed by atoms with Gasteiger partial charge >= 0.3 is 6.01 Å². The molecule has 0 spiro atoms. The van der Waals surface area contributed by atoms with E-state index in [2.05, 4.69) is 25.6 Å². The molecule has 10 heteroatoms. The molecule has 1 aromatic heterocycles. The lowest BCUT2D eigenvalue weighted by Crippen LogP contribution is -2.07. The van der Waals surface area contributed by atoms with Gasteiger partial charge in [0, 0.05) is 11.4 Å². The second kappa shape index (κ2) is 7.56. The zero-order valence-corrected chi connectivity index (χ0v) is 15.4. The Balaban J connectivity index is 1.92. The van der Waals surface area contributed by atoms with Gasteiger partial charge in [0.25, 0.3) is 10.1 Å². The molecule has 1 heterocycles. The Morgan fingerprint density at radius 1 is 0.926 bits per heavy atom. The molecule has 0 bridgehead atoms. The SMILES string of the molecule is COc1nc(Nc2ccccc2)nc(Nc2ccc(C)c(S(=O)(=O)O)c2)n1. The Bertz CT molecular complexity index is 1060. The van der Waals surface area contributed by atoms with Crippen LogP contribution in [-0.4, -0.2) is 35.0 Å². The quantitative estimate of drug-likeness (QED) is 0.547. The van der Waals surface area contributed by atoms with Crippen molar-refractivity contribution in [2.45, 2.75) is 11.8 Å². The predicted molar refractivity (Wildman–Crippen MR) is 100 cm³/mol. The van der Waals surface area contributed by atoms with Crippen LogP contribution in [0.4, 0.5) is 23.3 Å². The highest BCUT2D eigenvalue weighted by Crippen LogP contribution is 2.23. The summed E-state index contributed by atoms with van der Waals surface area (Å²) in [5.41, 5.74) is 1.58. The van der Waals surface area contributed by atoms with Gasteiger partial charge in [0.1, 0.15) is 0 Å². The highest BCUT2D eigenvalue weighted by atomic mass is 32.2. The molecule has 0 radical (unpaired) electrons. The molecule has 3 N–H and O–H groups in total. The van der Waals surface area contributed by atoms with Crippen molar-refractivity contribution < 1.29 is 17.7 Å². The molecule has 0 saturated heterocycles. The fourth-order valence-corrected chi connectivity index (χ4v) is 3.05. The largest absolute Gasteiger partial charge is 0.467 e. The maximum atomic E-state index is 11.5.